The van der Waals surface area contributed by atoms with Crippen LogP contribution in [0.3, 0.4) is 0 Å². The Hall–Kier alpha value is -5.84. The van der Waals surface area contributed by atoms with Crippen molar-refractivity contribution in [2.24, 2.45) is 17.3 Å². The molecular formula is C54H75F2N7O7. The Morgan fingerprint density at radius 1 is 1.04 bits per heavy atom. The fourth-order valence-electron chi connectivity index (χ4n) is 9.33. The van der Waals surface area contributed by atoms with Gasteiger partial charge in [-0.15, -0.1) is 0 Å². The van der Waals surface area contributed by atoms with Crippen molar-refractivity contribution in [1.82, 2.24) is 35.1 Å². The van der Waals surface area contributed by atoms with Crippen molar-refractivity contribution in [3.8, 4) is 22.4 Å². The Balaban J connectivity index is 0.000000714. The Bertz CT molecular complexity index is 2420. The summed E-state index contributed by atoms with van der Waals surface area (Å²) in [7, 11) is 5.23. The van der Waals surface area contributed by atoms with Crippen LogP contribution < -0.4 is 10.7 Å². The predicted octanol–water partition coefficient (Wildman–Crippen LogP) is 8.10. The molecule has 2 aliphatic rings. The first kappa shape index (κ1) is 56.7. The lowest BCUT2D eigenvalue weighted by atomic mass is 9.84. The van der Waals surface area contributed by atoms with Crippen molar-refractivity contribution in [2.45, 2.75) is 112 Å². The van der Waals surface area contributed by atoms with Gasteiger partial charge in [0, 0.05) is 80.3 Å². The minimum Gasteiger partial charge on any atom is -0.467 e. The number of benzene rings is 2. The zero-order valence-electron chi connectivity index (χ0n) is 43.1. The van der Waals surface area contributed by atoms with Crippen LogP contribution in [-0.2, 0) is 52.8 Å². The molecule has 2 aromatic carbocycles. The van der Waals surface area contributed by atoms with Crippen LogP contribution in [0, 0.1) is 28.9 Å². The molecule has 4 heterocycles. The molecule has 2 N–H and O–H groups in total. The number of aldehydes is 1. The summed E-state index contributed by atoms with van der Waals surface area (Å²) in [4.78, 5) is 68.3. The van der Waals surface area contributed by atoms with Crippen LogP contribution >= 0.6 is 0 Å². The van der Waals surface area contributed by atoms with E-state index in [9.17, 15) is 24.0 Å². The van der Waals surface area contributed by atoms with E-state index in [1.165, 1.54) is 17.2 Å². The number of methoxy groups -OCH3 is 1. The summed E-state index contributed by atoms with van der Waals surface area (Å²) in [5.74, 6) is -3.01. The van der Waals surface area contributed by atoms with Crippen molar-refractivity contribution in [3.63, 3.8) is 0 Å². The van der Waals surface area contributed by atoms with Crippen molar-refractivity contribution in [3.05, 3.63) is 89.8 Å². The maximum Gasteiger partial charge on any atom is 0.293 e. The Labute approximate surface area is 413 Å². The number of hydrogen-bond acceptors (Lipinski definition) is 10. The zero-order valence-corrected chi connectivity index (χ0v) is 43.1. The van der Waals surface area contributed by atoms with Crippen LogP contribution in [0.1, 0.15) is 97.6 Å². The summed E-state index contributed by atoms with van der Waals surface area (Å²) < 4.78 is 44.8. The molecule has 0 bridgehead atoms. The SMILES string of the molecule is C=CC(=O)N1CCC(C=O)C1.CC.CCn1c(-c2cccnc2C(C)OC)c(CC(C)(C)COC=O)c2cc(-c3cc(F)c(F)c(CC(NC(=O)C(C(C)C)N(C)C)C(=O)N4CCCCN4)c3)ccc21. The first-order valence-corrected chi connectivity index (χ1v) is 24.4. The Morgan fingerprint density at radius 2 is 1.77 bits per heavy atom. The topological polar surface area (TPSA) is 155 Å². The lowest BCUT2D eigenvalue weighted by molar-refractivity contribution is -0.141. The monoisotopic (exact) mass is 972 g/mol. The zero-order chi connectivity index (χ0) is 51.9. The molecule has 4 unspecified atom stereocenters. The minimum atomic E-state index is -1.15. The van der Waals surface area contributed by atoms with Gasteiger partial charge in [0.05, 0.1) is 30.1 Å². The number of amides is 3. The van der Waals surface area contributed by atoms with Crippen LogP contribution in [-0.4, -0.2) is 121 Å². The predicted molar refractivity (Wildman–Crippen MR) is 270 cm³/mol. The van der Waals surface area contributed by atoms with E-state index in [1.807, 2.05) is 78.8 Å². The number of rotatable bonds is 19. The van der Waals surface area contributed by atoms with E-state index >= 15 is 8.78 Å². The van der Waals surface area contributed by atoms with Gasteiger partial charge in [0.2, 0.25) is 11.8 Å². The molecule has 70 heavy (non-hydrogen) atoms. The number of aryl methyl sites for hydroxylation is 1. The summed E-state index contributed by atoms with van der Waals surface area (Å²) in [6.45, 7) is 22.8. The molecule has 2 saturated heterocycles. The highest BCUT2D eigenvalue weighted by Gasteiger charge is 2.34. The Morgan fingerprint density at radius 3 is 2.36 bits per heavy atom. The summed E-state index contributed by atoms with van der Waals surface area (Å²) in [5, 5.41) is 5.27. The van der Waals surface area contributed by atoms with E-state index in [2.05, 4.69) is 28.8 Å². The lowest BCUT2D eigenvalue weighted by Crippen LogP contribution is -2.58. The third kappa shape index (κ3) is 13.9. The van der Waals surface area contributed by atoms with E-state index in [1.54, 1.807) is 43.3 Å². The number of carbonyl (C=O) groups is 5. The van der Waals surface area contributed by atoms with Gasteiger partial charge in [-0.25, -0.2) is 14.2 Å². The first-order valence-electron chi connectivity index (χ1n) is 24.4. The summed E-state index contributed by atoms with van der Waals surface area (Å²) >= 11 is 0. The molecular weight excluding hydrogens is 897 g/mol. The van der Waals surface area contributed by atoms with Gasteiger partial charge in [-0.05, 0) is 124 Å². The van der Waals surface area contributed by atoms with Crippen LogP contribution in [0.2, 0.25) is 0 Å². The molecule has 0 spiro atoms. The van der Waals surface area contributed by atoms with E-state index in [0.29, 0.717) is 56.7 Å². The largest absolute Gasteiger partial charge is 0.467 e. The van der Waals surface area contributed by atoms with Crippen molar-refractivity contribution in [2.75, 3.05) is 54.0 Å². The second-order valence-electron chi connectivity index (χ2n) is 19.0. The quantitative estimate of drug-likeness (QED) is 0.0696. The molecule has 4 atom stereocenters. The van der Waals surface area contributed by atoms with Gasteiger partial charge in [0.25, 0.3) is 12.4 Å². The van der Waals surface area contributed by atoms with Gasteiger partial charge in [0.1, 0.15) is 12.3 Å². The smallest absolute Gasteiger partial charge is 0.293 e. The van der Waals surface area contributed by atoms with Gasteiger partial charge in [-0.3, -0.25) is 34.1 Å². The number of pyridine rings is 1. The fourth-order valence-corrected chi connectivity index (χ4v) is 9.33. The number of likely N-dealkylation sites (tertiary alicyclic amines) is 1. The van der Waals surface area contributed by atoms with Gasteiger partial charge in [0.15, 0.2) is 11.6 Å². The highest BCUT2D eigenvalue weighted by molar-refractivity contribution is 5.95. The molecule has 6 rings (SSSR count). The van der Waals surface area contributed by atoms with Gasteiger partial charge >= 0.3 is 0 Å². The molecule has 3 amide bonds. The second-order valence-corrected chi connectivity index (χ2v) is 19.0. The van der Waals surface area contributed by atoms with E-state index in [-0.39, 0.29) is 48.3 Å². The molecule has 0 radical (unpaired) electrons. The number of carbonyl (C=O) groups excluding carboxylic acids is 5. The number of aromatic nitrogens is 2. The maximum absolute atomic E-state index is 15.8. The molecule has 2 aromatic heterocycles. The molecule has 2 aliphatic heterocycles. The molecule has 14 nitrogen and oxygen atoms in total. The van der Waals surface area contributed by atoms with Gasteiger partial charge in [-0.1, -0.05) is 54.2 Å². The molecule has 0 aliphatic carbocycles. The van der Waals surface area contributed by atoms with Gasteiger partial charge < -0.3 is 29.1 Å². The van der Waals surface area contributed by atoms with Crippen LogP contribution in [0.4, 0.5) is 8.78 Å². The van der Waals surface area contributed by atoms with Gasteiger partial charge in [-0.2, -0.15) is 0 Å². The molecule has 16 heteroatoms. The normalized spacial score (nSPS) is 16.1. The maximum atomic E-state index is 15.8. The summed E-state index contributed by atoms with van der Waals surface area (Å²) in [5.41, 5.74) is 8.19. The highest BCUT2D eigenvalue weighted by Crippen LogP contribution is 2.42. The molecule has 4 aromatic rings. The van der Waals surface area contributed by atoms with E-state index < -0.39 is 35.0 Å². The lowest BCUT2D eigenvalue weighted by Gasteiger charge is -2.33. The number of ether oxygens (including phenoxy) is 2. The number of hydrazine groups is 1. The third-order valence-electron chi connectivity index (χ3n) is 12.7. The van der Waals surface area contributed by atoms with Crippen LogP contribution in [0.25, 0.3) is 33.3 Å². The number of nitrogens with one attached hydrogen (secondary N) is 2. The minimum absolute atomic E-state index is 0.0283. The van der Waals surface area contributed by atoms with Crippen LogP contribution in [0.15, 0.2) is 61.3 Å². The standard InChI is InChI=1S/C44H58F2N6O5.C8H11NO2.C2H6/c1-10-51-37-16-15-29(21-33(37)34(24-44(5,6)25-57-26-53)41(51)32-14-13-17-47-39(32)28(4)56-9)30-20-31(38(46)35(45)22-30)23-36(43(55)52-19-12-11-18-48-52)49-42(54)40(27(2)3)50(7)8;1-2-8(11)9-4-3-7(5-9)6-10;1-2/h13-17,20-22,26-28,36,40,48H,10-12,18-19,23-25H2,1-9H3,(H,49,54);2,6-7H,1,3-5H2;1-2H3. The number of likely N-dealkylation sites (N-methyl/N-ethyl adjacent to an activating group) is 1. The van der Waals surface area contributed by atoms with Crippen molar-refractivity contribution >= 4 is 41.4 Å². The fraction of sp³-hybridized carbons (Fsp3) is 0.519. The summed E-state index contributed by atoms with van der Waals surface area (Å²) in [6.07, 6.45) is 6.37. The average molecular weight is 972 g/mol. The third-order valence-corrected chi connectivity index (χ3v) is 12.7. The molecule has 2 fully saturated rings. The van der Waals surface area contributed by atoms with Crippen LogP contribution in [0.5, 0.6) is 0 Å². The van der Waals surface area contributed by atoms with E-state index in [0.717, 1.165) is 59.0 Å². The first-order chi connectivity index (χ1) is 33.4. The number of nitrogens with zero attached hydrogens (tertiary/aromatic N) is 5. The van der Waals surface area contributed by atoms with Crippen molar-refractivity contribution < 1.29 is 42.2 Å². The number of halogens is 2. The highest BCUT2D eigenvalue weighted by atomic mass is 19.2. The van der Waals surface area contributed by atoms with Crippen molar-refractivity contribution in [1.29, 1.82) is 0 Å². The summed E-state index contributed by atoms with van der Waals surface area (Å²) in [6, 6.07) is 10.8. The molecule has 0 saturated carbocycles. The second kappa shape index (κ2) is 26.4. The van der Waals surface area contributed by atoms with E-state index in [4.69, 9.17) is 14.5 Å². The number of fused-ring (bicyclic) bond motifs is 1. The Kier molecular flexibility index (Phi) is 21.4. The average Bonchev–Trinajstić information content (AvgIpc) is 3.96. The molecule has 382 valence electrons. The number of hydrogen-bond donors (Lipinski definition) is 2.